The smallest absolute Gasteiger partial charge is 0.244 e. The molecule has 4 heteroatoms. The largest absolute Gasteiger partial charge is 0.491 e. The number of nitrogens with one attached hydrogen (secondary N) is 1. The maximum atomic E-state index is 12.3. The number of benzene rings is 1. The van der Waals surface area contributed by atoms with Gasteiger partial charge in [0.05, 0.1) is 6.10 Å². The van der Waals surface area contributed by atoms with Gasteiger partial charge < -0.3 is 15.0 Å². The van der Waals surface area contributed by atoms with Crippen LogP contribution in [0.15, 0.2) is 24.3 Å². The molecule has 1 aromatic rings. The van der Waals surface area contributed by atoms with Crippen LogP contribution in [0, 0.1) is 0 Å². The Balaban J connectivity index is 2.70. The Labute approximate surface area is 128 Å². The van der Waals surface area contributed by atoms with E-state index in [1.54, 1.807) is 0 Å². The van der Waals surface area contributed by atoms with Crippen molar-refractivity contribution in [2.24, 2.45) is 0 Å². The number of likely N-dealkylation sites (N-methyl/N-ethyl adjacent to an activating group) is 1. The predicted octanol–water partition coefficient (Wildman–Crippen LogP) is 3.53. The lowest BCUT2D eigenvalue weighted by molar-refractivity contribution is -0.131. The first kappa shape index (κ1) is 17.3. The van der Waals surface area contributed by atoms with Crippen LogP contribution in [0.25, 0.3) is 0 Å². The van der Waals surface area contributed by atoms with Crippen LogP contribution < -0.4 is 10.1 Å². The molecule has 21 heavy (non-hydrogen) atoms. The second kappa shape index (κ2) is 8.55. The van der Waals surface area contributed by atoms with Gasteiger partial charge in [-0.25, -0.2) is 0 Å². The Morgan fingerprint density at radius 2 is 1.90 bits per heavy atom. The molecule has 0 aliphatic rings. The third-order valence-electron chi connectivity index (χ3n) is 3.57. The van der Waals surface area contributed by atoms with Crippen molar-refractivity contribution in [1.29, 1.82) is 0 Å². The van der Waals surface area contributed by atoms with E-state index in [-0.39, 0.29) is 18.1 Å². The first-order valence-electron chi connectivity index (χ1n) is 7.83. The van der Waals surface area contributed by atoms with Crippen molar-refractivity contribution in [2.75, 3.05) is 18.4 Å². The van der Waals surface area contributed by atoms with E-state index in [0.717, 1.165) is 30.9 Å². The fourth-order valence-electron chi connectivity index (χ4n) is 2.10. The maximum absolute atomic E-state index is 12.3. The van der Waals surface area contributed by atoms with Gasteiger partial charge in [-0.2, -0.15) is 0 Å². The van der Waals surface area contributed by atoms with E-state index in [1.807, 2.05) is 56.9 Å². The molecule has 2 atom stereocenters. The van der Waals surface area contributed by atoms with E-state index >= 15 is 0 Å². The first-order valence-corrected chi connectivity index (χ1v) is 7.83. The summed E-state index contributed by atoms with van der Waals surface area (Å²) in [6.07, 6.45) is 1.16. The molecule has 0 saturated carbocycles. The summed E-state index contributed by atoms with van der Waals surface area (Å²) in [5.74, 6) is 0.949. The molecule has 0 spiro atoms. The number of amides is 1. The molecule has 0 fully saturated rings. The van der Waals surface area contributed by atoms with Crippen LogP contribution in [0.4, 0.5) is 5.69 Å². The zero-order valence-electron chi connectivity index (χ0n) is 13.8. The molecule has 1 rings (SSSR count). The van der Waals surface area contributed by atoms with Gasteiger partial charge in [-0.1, -0.05) is 13.0 Å². The number of nitrogens with zero attached hydrogens (tertiary/aromatic N) is 1. The highest BCUT2D eigenvalue weighted by molar-refractivity contribution is 5.84. The van der Waals surface area contributed by atoms with E-state index in [1.165, 1.54) is 0 Å². The molecule has 1 aromatic carbocycles. The molecular weight excluding hydrogens is 264 g/mol. The van der Waals surface area contributed by atoms with Gasteiger partial charge in [-0.05, 0) is 46.2 Å². The average Bonchev–Trinajstić information content (AvgIpc) is 2.48. The van der Waals surface area contributed by atoms with Crippen LogP contribution in [-0.2, 0) is 4.79 Å². The lowest BCUT2D eigenvalue weighted by Crippen LogP contribution is -2.41. The van der Waals surface area contributed by atoms with Crippen molar-refractivity contribution in [1.82, 2.24) is 4.90 Å². The predicted molar refractivity (Wildman–Crippen MR) is 87.8 cm³/mol. The Hall–Kier alpha value is -1.71. The van der Waals surface area contributed by atoms with E-state index in [0.29, 0.717) is 0 Å². The van der Waals surface area contributed by atoms with Crippen molar-refractivity contribution in [3.05, 3.63) is 24.3 Å². The molecule has 1 N–H and O–H groups in total. The summed E-state index contributed by atoms with van der Waals surface area (Å²) in [6, 6.07) is 7.53. The van der Waals surface area contributed by atoms with E-state index in [4.69, 9.17) is 4.74 Å². The number of hydrogen-bond donors (Lipinski definition) is 1. The van der Waals surface area contributed by atoms with Gasteiger partial charge in [0.1, 0.15) is 11.8 Å². The van der Waals surface area contributed by atoms with E-state index in [2.05, 4.69) is 12.2 Å². The van der Waals surface area contributed by atoms with Crippen LogP contribution in [0.3, 0.4) is 0 Å². The highest BCUT2D eigenvalue weighted by Crippen LogP contribution is 2.20. The second-order valence-electron chi connectivity index (χ2n) is 5.24. The monoisotopic (exact) mass is 292 g/mol. The molecule has 118 valence electrons. The molecule has 4 nitrogen and oxygen atoms in total. The number of carbonyl (C=O) groups is 1. The van der Waals surface area contributed by atoms with Gasteiger partial charge in [0.2, 0.25) is 5.91 Å². The molecular formula is C17H28N2O2. The van der Waals surface area contributed by atoms with Gasteiger partial charge in [-0.3, -0.25) is 4.79 Å². The minimum Gasteiger partial charge on any atom is -0.491 e. The third kappa shape index (κ3) is 5.29. The minimum atomic E-state index is -0.247. The standard InChI is InChI=1S/C17H28N2O2/c1-6-13(4)21-16-11-9-10-15(12-16)18-14(5)17(20)19(7-2)8-3/h9-14,18H,6-8H2,1-5H3. The molecule has 2 unspecified atom stereocenters. The van der Waals surface area contributed by atoms with Crippen molar-refractivity contribution in [3.63, 3.8) is 0 Å². The summed E-state index contributed by atoms with van der Waals surface area (Å²) < 4.78 is 5.80. The fraction of sp³-hybridized carbons (Fsp3) is 0.588. The van der Waals surface area contributed by atoms with Crippen LogP contribution in [0.2, 0.25) is 0 Å². The van der Waals surface area contributed by atoms with Gasteiger partial charge in [-0.15, -0.1) is 0 Å². The quantitative estimate of drug-likeness (QED) is 0.797. The Bertz CT molecular complexity index is 444. The van der Waals surface area contributed by atoms with Gasteiger partial charge in [0.25, 0.3) is 0 Å². The summed E-state index contributed by atoms with van der Waals surface area (Å²) in [5.41, 5.74) is 0.906. The topological polar surface area (TPSA) is 41.6 Å². The van der Waals surface area contributed by atoms with Gasteiger partial charge in [0, 0.05) is 24.8 Å². The van der Waals surface area contributed by atoms with Gasteiger partial charge in [0.15, 0.2) is 0 Å². The van der Waals surface area contributed by atoms with Crippen LogP contribution in [0.1, 0.15) is 41.0 Å². The molecule has 0 saturated heterocycles. The highest BCUT2D eigenvalue weighted by atomic mass is 16.5. The molecule has 0 bridgehead atoms. The van der Waals surface area contributed by atoms with Crippen molar-refractivity contribution in [3.8, 4) is 5.75 Å². The molecule has 0 aliphatic heterocycles. The lowest BCUT2D eigenvalue weighted by atomic mass is 10.2. The molecule has 0 heterocycles. The number of anilines is 1. The third-order valence-corrected chi connectivity index (χ3v) is 3.57. The maximum Gasteiger partial charge on any atom is 0.244 e. The molecule has 0 aliphatic carbocycles. The van der Waals surface area contributed by atoms with Crippen molar-refractivity contribution < 1.29 is 9.53 Å². The SMILES string of the molecule is CCC(C)Oc1cccc(NC(C)C(=O)N(CC)CC)c1. The first-order chi connectivity index (χ1) is 10.0. The number of hydrogen-bond acceptors (Lipinski definition) is 3. The summed E-state index contributed by atoms with van der Waals surface area (Å²) in [5, 5.41) is 3.25. The van der Waals surface area contributed by atoms with Crippen LogP contribution in [0.5, 0.6) is 5.75 Å². The number of carbonyl (C=O) groups excluding carboxylic acids is 1. The van der Waals surface area contributed by atoms with Crippen LogP contribution in [-0.4, -0.2) is 36.0 Å². The van der Waals surface area contributed by atoms with E-state index in [9.17, 15) is 4.79 Å². The summed E-state index contributed by atoms with van der Waals surface area (Å²) in [4.78, 5) is 14.1. The number of ether oxygens (including phenoxy) is 1. The second-order valence-corrected chi connectivity index (χ2v) is 5.24. The Morgan fingerprint density at radius 1 is 1.24 bits per heavy atom. The fourth-order valence-corrected chi connectivity index (χ4v) is 2.10. The zero-order valence-corrected chi connectivity index (χ0v) is 13.8. The normalized spacial score (nSPS) is 13.4. The number of rotatable bonds is 8. The van der Waals surface area contributed by atoms with Crippen molar-refractivity contribution >= 4 is 11.6 Å². The molecule has 1 amide bonds. The Kier molecular flexibility index (Phi) is 7.06. The Morgan fingerprint density at radius 3 is 2.48 bits per heavy atom. The van der Waals surface area contributed by atoms with Crippen molar-refractivity contribution in [2.45, 2.75) is 53.2 Å². The summed E-state index contributed by atoms with van der Waals surface area (Å²) >= 11 is 0. The van der Waals surface area contributed by atoms with Crippen LogP contribution >= 0.6 is 0 Å². The average molecular weight is 292 g/mol. The van der Waals surface area contributed by atoms with E-state index < -0.39 is 0 Å². The molecule has 0 radical (unpaired) electrons. The molecule has 0 aromatic heterocycles. The summed E-state index contributed by atoms with van der Waals surface area (Å²) in [6.45, 7) is 11.5. The zero-order chi connectivity index (χ0) is 15.8. The lowest BCUT2D eigenvalue weighted by Gasteiger charge is -2.24. The highest BCUT2D eigenvalue weighted by Gasteiger charge is 2.17. The van der Waals surface area contributed by atoms with Gasteiger partial charge >= 0.3 is 0 Å². The summed E-state index contributed by atoms with van der Waals surface area (Å²) in [7, 11) is 0. The minimum absolute atomic E-state index is 0.119.